The largest absolute Gasteiger partial charge is 0.456 e. The van der Waals surface area contributed by atoms with Crippen molar-refractivity contribution < 1.29 is 19.1 Å². The van der Waals surface area contributed by atoms with Crippen LogP contribution in [0, 0.1) is 0 Å². The van der Waals surface area contributed by atoms with E-state index in [4.69, 9.17) is 4.74 Å². The number of amides is 2. The van der Waals surface area contributed by atoms with Gasteiger partial charge in [-0.2, -0.15) is 0 Å². The Morgan fingerprint density at radius 2 is 1.59 bits per heavy atom. The smallest absolute Gasteiger partial charge is 0.338 e. The fourth-order valence-corrected chi connectivity index (χ4v) is 4.63. The third kappa shape index (κ3) is 4.38. The second-order valence-corrected chi connectivity index (χ2v) is 8.70. The lowest BCUT2D eigenvalue weighted by Gasteiger charge is -2.13. The highest BCUT2D eigenvalue weighted by Gasteiger charge is 2.35. The van der Waals surface area contributed by atoms with Crippen LogP contribution in [0.1, 0.15) is 42.3 Å². The third-order valence-electron chi connectivity index (χ3n) is 5.60. The zero-order valence-corrected chi connectivity index (χ0v) is 19.0. The summed E-state index contributed by atoms with van der Waals surface area (Å²) >= 11 is 1.48. The molecule has 0 atom stereocenters. The van der Waals surface area contributed by atoms with Crippen LogP contribution < -0.4 is 0 Å². The molecule has 4 aromatic rings. The highest BCUT2D eigenvalue weighted by molar-refractivity contribution is 7.13. The number of carbonyl (C=O) groups excluding carboxylic acids is 3. The van der Waals surface area contributed by atoms with E-state index in [1.165, 1.54) is 34.4 Å². The van der Waals surface area contributed by atoms with Crippen LogP contribution in [0.25, 0.3) is 10.6 Å². The van der Waals surface area contributed by atoms with E-state index >= 15 is 0 Å². The average Bonchev–Trinajstić information content (AvgIpc) is 3.45. The van der Waals surface area contributed by atoms with Crippen molar-refractivity contribution in [2.45, 2.75) is 13.0 Å². The lowest BCUT2D eigenvalue weighted by molar-refractivity contribution is 0.0468. The van der Waals surface area contributed by atoms with E-state index in [1.54, 1.807) is 0 Å². The quantitative estimate of drug-likeness (QED) is 0.282. The fourth-order valence-electron chi connectivity index (χ4n) is 3.82. The van der Waals surface area contributed by atoms with E-state index in [9.17, 15) is 14.4 Å². The number of rotatable bonds is 7. The first-order valence-electron chi connectivity index (χ1n) is 10.8. The van der Waals surface area contributed by atoms with Crippen LogP contribution in [0.2, 0.25) is 0 Å². The summed E-state index contributed by atoms with van der Waals surface area (Å²) in [5, 5.41) is 2.70. The van der Waals surface area contributed by atoms with Crippen molar-refractivity contribution >= 4 is 29.1 Å². The summed E-state index contributed by atoms with van der Waals surface area (Å²) in [6.07, 6.45) is 0.569. The lowest BCUT2D eigenvalue weighted by atomic mass is 10.1. The highest BCUT2D eigenvalue weighted by Crippen LogP contribution is 2.26. The molecule has 0 bridgehead atoms. The van der Waals surface area contributed by atoms with Crippen LogP contribution in [-0.4, -0.2) is 34.2 Å². The highest BCUT2D eigenvalue weighted by atomic mass is 32.1. The number of aromatic nitrogens is 1. The van der Waals surface area contributed by atoms with Gasteiger partial charge >= 0.3 is 5.97 Å². The predicted octanol–water partition coefficient (Wildman–Crippen LogP) is 5.01. The Labute approximate surface area is 200 Å². The minimum absolute atomic E-state index is 0.0231. The summed E-state index contributed by atoms with van der Waals surface area (Å²) in [4.78, 5) is 44.0. The number of nitrogens with zero attached hydrogens (tertiary/aromatic N) is 2. The maximum Gasteiger partial charge on any atom is 0.338 e. The number of hydrogen-bond acceptors (Lipinski definition) is 6. The van der Waals surface area contributed by atoms with Gasteiger partial charge in [0, 0.05) is 17.5 Å². The number of esters is 1. The van der Waals surface area contributed by atoms with E-state index in [0.29, 0.717) is 17.7 Å². The summed E-state index contributed by atoms with van der Waals surface area (Å²) in [7, 11) is 0. The van der Waals surface area contributed by atoms with E-state index in [2.05, 4.69) is 4.98 Å². The van der Waals surface area contributed by atoms with E-state index in [1.807, 2.05) is 66.0 Å². The molecule has 0 saturated heterocycles. The summed E-state index contributed by atoms with van der Waals surface area (Å²) in [6, 6.07) is 23.9. The molecule has 0 radical (unpaired) electrons. The molecule has 1 aromatic heterocycles. The van der Waals surface area contributed by atoms with Crippen molar-refractivity contribution in [3.05, 3.63) is 112 Å². The van der Waals surface area contributed by atoms with Gasteiger partial charge in [0.1, 0.15) is 11.6 Å². The molecule has 0 spiro atoms. The van der Waals surface area contributed by atoms with Crippen LogP contribution in [0.3, 0.4) is 0 Å². The average molecular weight is 469 g/mol. The van der Waals surface area contributed by atoms with Gasteiger partial charge in [0.2, 0.25) is 0 Å². The monoisotopic (exact) mass is 468 g/mol. The van der Waals surface area contributed by atoms with E-state index < -0.39 is 11.9 Å². The maximum absolute atomic E-state index is 12.9. The summed E-state index contributed by atoms with van der Waals surface area (Å²) in [5.41, 5.74) is 3.46. The summed E-state index contributed by atoms with van der Waals surface area (Å²) < 4.78 is 5.41. The molecule has 0 saturated carbocycles. The molecule has 3 aromatic carbocycles. The molecule has 6 nitrogen and oxygen atoms in total. The molecule has 0 aliphatic carbocycles. The number of fused-ring (bicyclic) bond motifs is 1. The zero-order chi connectivity index (χ0) is 23.5. The predicted molar refractivity (Wildman–Crippen MR) is 129 cm³/mol. The normalized spacial score (nSPS) is 12.6. The van der Waals surface area contributed by atoms with Gasteiger partial charge in [-0.15, -0.1) is 11.3 Å². The van der Waals surface area contributed by atoms with E-state index in [-0.39, 0.29) is 30.2 Å². The second-order valence-electron chi connectivity index (χ2n) is 7.84. The Morgan fingerprint density at radius 3 is 2.35 bits per heavy atom. The Kier molecular flexibility index (Phi) is 6.01. The Bertz CT molecular complexity index is 1370. The van der Waals surface area contributed by atoms with Gasteiger partial charge in [0.05, 0.1) is 22.4 Å². The van der Waals surface area contributed by atoms with Crippen molar-refractivity contribution in [1.29, 1.82) is 0 Å². The Morgan fingerprint density at radius 1 is 0.882 bits per heavy atom. The molecule has 0 N–H and O–H groups in total. The second kappa shape index (κ2) is 9.41. The zero-order valence-electron chi connectivity index (χ0n) is 18.1. The SMILES string of the molecule is O=C(OCc1csc(-c2ccccc2)n1)c1ccc2c(c1)C(=O)N(CCc1ccccc1)C2=O. The lowest BCUT2D eigenvalue weighted by Crippen LogP contribution is -2.31. The van der Waals surface area contributed by atoms with Crippen LogP contribution in [0.4, 0.5) is 0 Å². The number of ether oxygens (including phenoxy) is 1. The number of carbonyl (C=O) groups is 3. The van der Waals surface area contributed by atoms with Crippen molar-refractivity contribution in [3.8, 4) is 10.6 Å². The fraction of sp³-hybridized carbons (Fsp3) is 0.111. The minimum atomic E-state index is -0.569. The molecule has 168 valence electrons. The molecule has 0 unspecified atom stereocenters. The maximum atomic E-state index is 12.9. The first kappa shape index (κ1) is 21.7. The minimum Gasteiger partial charge on any atom is -0.456 e. The van der Waals surface area contributed by atoms with Crippen LogP contribution in [-0.2, 0) is 17.8 Å². The molecule has 5 rings (SSSR count). The Hall–Kier alpha value is -4.10. The first-order valence-corrected chi connectivity index (χ1v) is 11.7. The first-order chi connectivity index (χ1) is 16.6. The van der Waals surface area contributed by atoms with Gasteiger partial charge < -0.3 is 4.74 Å². The molecule has 2 amide bonds. The Balaban J connectivity index is 1.24. The molecule has 34 heavy (non-hydrogen) atoms. The van der Waals surface area contributed by atoms with Gasteiger partial charge in [-0.25, -0.2) is 9.78 Å². The van der Waals surface area contributed by atoms with Crippen molar-refractivity contribution in [3.63, 3.8) is 0 Å². The standard InChI is InChI=1S/C27H20N2O4S/c30-25-22-12-11-20(15-23(22)26(31)29(25)14-13-18-7-3-1-4-8-18)27(32)33-16-21-17-34-24(28-21)19-9-5-2-6-10-19/h1-12,15,17H,13-14,16H2. The van der Waals surface area contributed by atoms with Crippen molar-refractivity contribution in [2.24, 2.45) is 0 Å². The van der Waals surface area contributed by atoms with Gasteiger partial charge in [-0.05, 0) is 30.2 Å². The number of hydrogen-bond donors (Lipinski definition) is 0. The van der Waals surface area contributed by atoms with E-state index in [0.717, 1.165) is 16.1 Å². The molecular weight excluding hydrogens is 448 g/mol. The number of thiazole rings is 1. The van der Waals surface area contributed by atoms with Gasteiger partial charge in [-0.1, -0.05) is 60.7 Å². The van der Waals surface area contributed by atoms with Gasteiger partial charge in [0.25, 0.3) is 11.8 Å². The van der Waals surface area contributed by atoms with Crippen molar-refractivity contribution in [1.82, 2.24) is 9.88 Å². The molecule has 1 aliphatic rings. The van der Waals surface area contributed by atoms with Crippen LogP contribution in [0.15, 0.2) is 84.2 Å². The molecule has 1 aliphatic heterocycles. The topological polar surface area (TPSA) is 76.6 Å². The van der Waals surface area contributed by atoms with Gasteiger partial charge in [0.15, 0.2) is 0 Å². The molecule has 7 heteroatoms. The molecular formula is C27H20N2O4S. The van der Waals surface area contributed by atoms with Crippen LogP contribution >= 0.6 is 11.3 Å². The summed E-state index contributed by atoms with van der Waals surface area (Å²) in [5.74, 6) is -1.30. The van der Waals surface area contributed by atoms with Crippen molar-refractivity contribution in [2.75, 3.05) is 6.54 Å². The van der Waals surface area contributed by atoms with Crippen LogP contribution in [0.5, 0.6) is 0 Å². The number of benzene rings is 3. The molecule has 0 fully saturated rings. The van der Waals surface area contributed by atoms with Gasteiger partial charge in [-0.3, -0.25) is 14.5 Å². The molecule has 2 heterocycles. The summed E-state index contributed by atoms with van der Waals surface area (Å²) in [6.45, 7) is 0.305. The third-order valence-corrected chi connectivity index (χ3v) is 6.54. The number of imide groups is 1.